The lowest BCUT2D eigenvalue weighted by Gasteiger charge is -2.45. The molecule has 34 heavy (non-hydrogen) atoms. The maximum atomic E-state index is 12.6. The molecule has 2 aromatic rings. The predicted molar refractivity (Wildman–Crippen MR) is 130 cm³/mol. The Labute approximate surface area is 205 Å². The number of amides is 2. The Morgan fingerprint density at radius 2 is 1.85 bits per heavy atom. The van der Waals surface area contributed by atoms with E-state index in [2.05, 4.69) is 40.9 Å². The van der Waals surface area contributed by atoms with E-state index >= 15 is 0 Å². The summed E-state index contributed by atoms with van der Waals surface area (Å²) >= 11 is 6.07. The van der Waals surface area contributed by atoms with Gasteiger partial charge >= 0.3 is 0 Å². The van der Waals surface area contributed by atoms with Crippen LogP contribution in [0.15, 0.2) is 30.3 Å². The van der Waals surface area contributed by atoms with Crippen LogP contribution in [-0.4, -0.2) is 57.8 Å². The summed E-state index contributed by atoms with van der Waals surface area (Å²) in [6.07, 6.45) is 4.47. The molecule has 0 bridgehead atoms. The van der Waals surface area contributed by atoms with Crippen molar-refractivity contribution in [3.8, 4) is 0 Å². The Kier molecular flexibility index (Phi) is 7.91. The van der Waals surface area contributed by atoms with Crippen LogP contribution in [-0.2, 0) is 27.8 Å². The minimum atomic E-state index is -0.621. The smallest absolute Gasteiger partial charge is 0.268 e. The van der Waals surface area contributed by atoms with Crippen molar-refractivity contribution in [1.29, 1.82) is 0 Å². The van der Waals surface area contributed by atoms with Crippen molar-refractivity contribution in [2.45, 2.75) is 70.1 Å². The van der Waals surface area contributed by atoms with E-state index in [4.69, 9.17) is 21.4 Å². The first-order valence-electron chi connectivity index (χ1n) is 12.0. The second-order valence-electron chi connectivity index (χ2n) is 9.51. The van der Waals surface area contributed by atoms with Crippen LogP contribution in [0.3, 0.4) is 0 Å². The van der Waals surface area contributed by atoms with Crippen LogP contribution in [0, 0.1) is 6.92 Å². The van der Waals surface area contributed by atoms with E-state index in [0.29, 0.717) is 25.1 Å². The number of rotatable bonds is 5. The van der Waals surface area contributed by atoms with E-state index in [-0.39, 0.29) is 17.9 Å². The normalized spacial score (nSPS) is 25.6. The molecule has 2 heterocycles. The van der Waals surface area contributed by atoms with Gasteiger partial charge in [0.25, 0.3) is 5.91 Å². The average molecular weight is 488 g/mol. The van der Waals surface area contributed by atoms with E-state index in [1.807, 2.05) is 23.9 Å². The maximum absolute atomic E-state index is 12.6. The Morgan fingerprint density at radius 3 is 2.47 bits per heavy atom. The molecular weight excluding hydrogens is 454 g/mol. The highest BCUT2D eigenvalue weighted by atomic mass is 35.5. The second-order valence-corrected chi connectivity index (χ2v) is 9.95. The zero-order valence-electron chi connectivity index (χ0n) is 20.1. The molecule has 0 unspecified atom stereocenters. The molecule has 2 amide bonds. The van der Waals surface area contributed by atoms with Crippen molar-refractivity contribution in [3.05, 3.63) is 52.3 Å². The second kappa shape index (κ2) is 10.9. The van der Waals surface area contributed by atoms with Gasteiger partial charge in [-0.25, -0.2) is 0 Å². The third-order valence-corrected chi connectivity index (χ3v) is 7.34. The van der Waals surface area contributed by atoms with E-state index in [0.717, 1.165) is 37.1 Å². The summed E-state index contributed by atoms with van der Waals surface area (Å²) in [7, 11) is 1.99. The summed E-state index contributed by atoms with van der Waals surface area (Å²) < 4.78 is 7.91. The topological polar surface area (TPSA) is 88.5 Å². The number of aryl methyl sites for hydroxylation is 2. The number of nitrogens with one attached hydrogen (secondary N) is 2. The number of ether oxygens (including phenoxy) is 1. The maximum Gasteiger partial charge on any atom is 0.268 e. The Morgan fingerprint density at radius 1 is 1.15 bits per heavy atom. The molecule has 9 heteroatoms. The fourth-order valence-electron chi connectivity index (χ4n) is 5.11. The summed E-state index contributed by atoms with van der Waals surface area (Å²) in [5.41, 5.74) is 8.40. The van der Waals surface area contributed by atoms with Crippen molar-refractivity contribution in [2.24, 2.45) is 7.05 Å². The third kappa shape index (κ3) is 5.98. The van der Waals surface area contributed by atoms with Crippen molar-refractivity contribution in [3.63, 3.8) is 0 Å². The number of benzene rings is 1. The SMILES string of the molecule is CC(=O)NNC(=O)[C@H]1CN(C2CCC(c3cc(C)n(C)n3)CC2)[C@@H](Cc2ccc(Cl)cc2)CO1. The summed E-state index contributed by atoms with van der Waals surface area (Å²) in [4.78, 5) is 26.3. The van der Waals surface area contributed by atoms with E-state index in [1.165, 1.54) is 23.9 Å². The highest BCUT2D eigenvalue weighted by Crippen LogP contribution is 2.36. The first kappa shape index (κ1) is 24.7. The minimum Gasteiger partial charge on any atom is -0.365 e. The number of morpholine rings is 1. The molecule has 2 aliphatic rings. The number of aromatic nitrogens is 2. The molecule has 4 rings (SSSR count). The van der Waals surface area contributed by atoms with E-state index in [9.17, 15) is 9.59 Å². The van der Waals surface area contributed by atoms with Crippen LogP contribution in [0.5, 0.6) is 0 Å². The molecule has 1 aromatic carbocycles. The third-order valence-electron chi connectivity index (χ3n) is 7.09. The van der Waals surface area contributed by atoms with Crippen molar-refractivity contribution in [2.75, 3.05) is 13.2 Å². The Hall–Kier alpha value is -2.42. The number of hydrogen-bond donors (Lipinski definition) is 2. The molecule has 184 valence electrons. The summed E-state index contributed by atoms with van der Waals surface area (Å²) in [5.74, 6) is -0.154. The van der Waals surface area contributed by atoms with Crippen molar-refractivity contribution in [1.82, 2.24) is 25.5 Å². The van der Waals surface area contributed by atoms with Crippen LogP contribution in [0.2, 0.25) is 5.02 Å². The zero-order valence-corrected chi connectivity index (χ0v) is 20.8. The lowest BCUT2D eigenvalue weighted by atomic mass is 9.82. The number of halogens is 1. The number of hydrazine groups is 1. The number of carbonyl (C=O) groups is 2. The molecule has 1 aliphatic heterocycles. The van der Waals surface area contributed by atoms with Crippen LogP contribution < -0.4 is 10.9 Å². The van der Waals surface area contributed by atoms with Gasteiger partial charge < -0.3 is 4.74 Å². The average Bonchev–Trinajstić information content (AvgIpc) is 3.17. The van der Waals surface area contributed by atoms with Crippen LogP contribution in [0.4, 0.5) is 0 Å². The molecule has 2 atom stereocenters. The number of carbonyl (C=O) groups excluding carboxylic acids is 2. The van der Waals surface area contributed by atoms with Gasteiger partial charge in [0.1, 0.15) is 0 Å². The zero-order chi connectivity index (χ0) is 24.2. The first-order valence-corrected chi connectivity index (χ1v) is 12.4. The fraction of sp³-hybridized carbons (Fsp3) is 0.560. The quantitative estimate of drug-likeness (QED) is 0.633. The number of nitrogens with zero attached hydrogens (tertiary/aromatic N) is 3. The summed E-state index contributed by atoms with van der Waals surface area (Å²) in [6.45, 7) is 4.41. The van der Waals surface area contributed by atoms with Gasteiger partial charge in [0.05, 0.1) is 12.3 Å². The molecule has 8 nitrogen and oxygen atoms in total. The van der Waals surface area contributed by atoms with E-state index in [1.54, 1.807) is 0 Å². The highest BCUT2D eigenvalue weighted by Gasteiger charge is 2.38. The monoisotopic (exact) mass is 487 g/mol. The molecule has 0 spiro atoms. The summed E-state index contributed by atoms with van der Waals surface area (Å²) in [6, 6.07) is 10.7. The fourth-order valence-corrected chi connectivity index (χ4v) is 5.24. The molecule has 0 radical (unpaired) electrons. The van der Waals surface area contributed by atoms with Crippen LogP contribution in [0.25, 0.3) is 0 Å². The van der Waals surface area contributed by atoms with Gasteiger partial charge in [0.15, 0.2) is 6.10 Å². The highest BCUT2D eigenvalue weighted by molar-refractivity contribution is 6.30. The molecule has 1 aromatic heterocycles. The van der Waals surface area contributed by atoms with Crippen LogP contribution >= 0.6 is 11.6 Å². The first-order chi connectivity index (χ1) is 16.3. The molecule has 2 N–H and O–H groups in total. The van der Waals surface area contributed by atoms with Gasteiger partial charge in [-0.05, 0) is 62.8 Å². The van der Waals surface area contributed by atoms with Gasteiger partial charge in [-0.3, -0.25) is 30.0 Å². The van der Waals surface area contributed by atoms with Crippen molar-refractivity contribution >= 4 is 23.4 Å². The van der Waals surface area contributed by atoms with E-state index < -0.39 is 6.10 Å². The number of hydrogen-bond acceptors (Lipinski definition) is 5. The van der Waals surface area contributed by atoms with Crippen LogP contribution in [0.1, 0.15) is 55.5 Å². The summed E-state index contributed by atoms with van der Waals surface area (Å²) in [5, 5.41) is 5.42. The van der Waals surface area contributed by atoms with Gasteiger partial charge in [-0.2, -0.15) is 5.10 Å². The van der Waals surface area contributed by atoms with Crippen molar-refractivity contribution < 1.29 is 14.3 Å². The standard InChI is InChI=1S/C25H34ClN5O3/c1-16-12-23(29-30(16)3)19-6-10-21(11-7-19)31-14-24(25(33)28-27-17(2)32)34-15-22(31)13-18-4-8-20(26)9-5-18/h4-5,8-9,12,19,21-22,24H,6-7,10-11,13-15H2,1-3H3,(H,27,32)(H,28,33)/t19?,21?,22-,24+/m0/s1. The largest absolute Gasteiger partial charge is 0.365 e. The molecule has 2 fully saturated rings. The molecule has 1 aliphatic carbocycles. The molecule has 1 saturated carbocycles. The lowest BCUT2D eigenvalue weighted by molar-refractivity contribution is -0.147. The van der Waals surface area contributed by atoms with Gasteiger partial charge in [-0.1, -0.05) is 23.7 Å². The van der Waals surface area contributed by atoms with Gasteiger partial charge in [0, 0.05) is 49.2 Å². The lowest BCUT2D eigenvalue weighted by Crippen LogP contribution is -2.59. The predicted octanol–water partition coefficient (Wildman–Crippen LogP) is 2.89. The Bertz CT molecular complexity index is 981. The van der Waals surface area contributed by atoms with Gasteiger partial charge in [-0.15, -0.1) is 0 Å². The molecular formula is C25H34ClN5O3. The minimum absolute atomic E-state index is 0.171. The van der Waals surface area contributed by atoms with Gasteiger partial charge in [0.2, 0.25) is 5.91 Å². The Balaban J connectivity index is 1.45. The molecule has 1 saturated heterocycles.